The zero-order valence-corrected chi connectivity index (χ0v) is 11.7. The van der Waals surface area contributed by atoms with E-state index in [9.17, 15) is 9.59 Å². The van der Waals surface area contributed by atoms with E-state index in [1.54, 1.807) is 48.5 Å². The average molecular weight is 299 g/mol. The van der Waals surface area contributed by atoms with Gasteiger partial charge < -0.3 is 0 Å². The van der Waals surface area contributed by atoms with Gasteiger partial charge in [-0.1, -0.05) is 48.0 Å². The van der Waals surface area contributed by atoms with Crippen molar-refractivity contribution in [2.75, 3.05) is 5.01 Å². The Kier molecular flexibility index (Phi) is 3.46. The van der Waals surface area contributed by atoms with Gasteiger partial charge in [0.05, 0.1) is 5.69 Å². The third-order valence-corrected chi connectivity index (χ3v) is 3.46. The maximum atomic E-state index is 12.4. The first-order valence-corrected chi connectivity index (χ1v) is 6.71. The highest BCUT2D eigenvalue weighted by molar-refractivity contribution is 6.34. The molecule has 104 valence electrons. The summed E-state index contributed by atoms with van der Waals surface area (Å²) in [5.74, 6) is -0.838. The fraction of sp³-hybridized carbons (Fsp3) is 0. The number of halogens is 1. The summed E-state index contributed by atoms with van der Waals surface area (Å²) in [5.41, 5.74) is 3.85. The summed E-state index contributed by atoms with van der Waals surface area (Å²) in [6.07, 6.45) is 1.50. The highest BCUT2D eigenvalue weighted by Crippen LogP contribution is 2.23. The van der Waals surface area contributed by atoms with Crippen molar-refractivity contribution < 1.29 is 9.59 Å². The standard InChI is InChI=1S/C16H11ClN2O2/c17-14-9-5-4-6-11(14)10-13-15(20)18-19(16(13)21)12-7-2-1-3-8-12/h1-10H,(H,18,20). The van der Waals surface area contributed by atoms with Gasteiger partial charge in [0.1, 0.15) is 5.57 Å². The molecule has 2 amide bonds. The van der Waals surface area contributed by atoms with Gasteiger partial charge in [0.15, 0.2) is 0 Å². The number of anilines is 1. The summed E-state index contributed by atoms with van der Waals surface area (Å²) < 4.78 is 0. The van der Waals surface area contributed by atoms with Crippen LogP contribution in [0.4, 0.5) is 5.69 Å². The summed E-state index contributed by atoms with van der Waals surface area (Å²) in [4.78, 5) is 24.4. The monoisotopic (exact) mass is 298 g/mol. The first kappa shape index (κ1) is 13.4. The summed E-state index contributed by atoms with van der Waals surface area (Å²) in [5, 5.41) is 1.72. The molecule has 0 atom stereocenters. The van der Waals surface area contributed by atoms with Crippen LogP contribution < -0.4 is 10.4 Å². The summed E-state index contributed by atoms with van der Waals surface area (Å²) in [7, 11) is 0. The lowest BCUT2D eigenvalue weighted by molar-refractivity contribution is -0.117. The van der Waals surface area contributed by atoms with Crippen LogP contribution in [0, 0.1) is 0 Å². The molecular weight excluding hydrogens is 288 g/mol. The smallest absolute Gasteiger partial charge is 0.267 e. The maximum Gasteiger partial charge on any atom is 0.282 e. The largest absolute Gasteiger partial charge is 0.282 e. The van der Waals surface area contributed by atoms with Crippen LogP contribution in [-0.4, -0.2) is 11.8 Å². The van der Waals surface area contributed by atoms with E-state index >= 15 is 0 Å². The third kappa shape index (κ3) is 2.53. The van der Waals surface area contributed by atoms with E-state index in [4.69, 9.17) is 11.6 Å². The molecule has 1 aliphatic rings. The fourth-order valence-corrected chi connectivity index (χ4v) is 2.25. The quantitative estimate of drug-likeness (QED) is 0.684. The van der Waals surface area contributed by atoms with Crippen LogP contribution in [0.25, 0.3) is 6.08 Å². The van der Waals surface area contributed by atoms with Crippen molar-refractivity contribution in [2.24, 2.45) is 0 Å². The fourth-order valence-electron chi connectivity index (χ4n) is 2.06. The van der Waals surface area contributed by atoms with E-state index in [-0.39, 0.29) is 5.57 Å². The van der Waals surface area contributed by atoms with Crippen molar-refractivity contribution in [1.82, 2.24) is 5.43 Å². The Labute approximate surface area is 126 Å². The number of hydrogen-bond donors (Lipinski definition) is 1. The number of hydrazine groups is 1. The van der Waals surface area contributed by atoms with E-state index in [0.29, 0.717) is 16.3 Å². The Hall–Kier alpha value is -2.59. The van der Waals surface area contributed by atoms with Crippen molar-refractivity contribution in [1.29, 1.82) is 0 Å². The van der Waals surface area contributed by atoms with E-state index in [0.717, 1.165) is 0 Å². The molecule has 0 spiro atoms. The van der Waals surface area contributed by atoms with E-state index < -0.39 is 11.8 Å². The lowest BCUT2D eigenvalue weighted by Gasteiger charge is -2.13. The van der Waals surface area contributed by atoms with Gasteiger partial charge in [-0.3, -0.25) is 15.0 Å². The van der Waals surface area contributed by atoms with Crippen molar-refractivity contribution >= 4 is 35.2 Å². The van der Waals surface area contributed by atoms with Crippen molar-refractivity contribution in [3.05, 3.63) is 70.8 Å². The Morgan fingerprint density at radius 2 is 1.62 bits per heavy atom. The van der Waals surface area contributed by atoms with Gasteiger partial charge in [0.25, 0.3) is 11.8 Å². The Morgan fingerprint density at radius 3 is 2.33 bits per heavy atom. The second kappa shape index (κ2) is 5.42. The minimum Gasteiger partial charge on any atom is -0.267 e. The third-order valence-electron chi connectivity index (χ3n) is 3.11. The topological polar surface area (TPSA) is 49.4 Å². The van der Waals surface area contributed by atoms with Crippen LogP contribution in [0.2, 0.25) is 5.02 Å². The Morgan fingerprint density at radius 1 is 0.952 bits per heavy atom. The zero-order chi connectivity index (χ0) is 14.8. The second-order valence-electron chi connectivity index (χ2n) is 4.50. The minimum atomic E-state index is -0.441. The normalized spacial score (nSPS) is 16.4. The summed E-state index contributed by atoms with van der Waals surface area (Å²) >= 11 is 6.05. The molecule has 0 unspecified atom stereocenters. The number of hydrogen-bond acceptors (Lipinski definition) is 2. The van der Waals surface area contributed by atoms with Gasteiger partial charge >= 0.3 is 0 Å². The van der Waals surface area contributed by atoms with Crippen LogP contribution >= 0.6 is 11.6 Å². The van der Waals surface area contributed by atoms with Crippen LogP contribution in [-0.2, 0) is 9.59 Å². The predicted octanol–water partition coefficient (Wildman–Crippen LogP) is 2.80. The number of para-hydroxylation sites is 1. The number of benzene rings is 2. The number of carbonyl (C=O) groups excluding carboxylic acids is 2. The molecule has 21 heavy (non-hydrogen) atoms. The molecule has 1 N–H and O–H groups in total. The molecule has 0 aliphatic carbocycles. The lowest BCUT2D eigenvalue weighted by atomic mass is 10.1. The first-order valence-electron chi connectivity index (χ1n) is 6.33. The van der Waals surface area contributed by atoms with E-state index in [1.165, 1.54) is 11.1 Å². The molecule has 2 aromatic carbocycles. The molecular formula is C16H11ClN2O2. The van der Waals surface area contributed by atoms with E-state index in [2.05, 4.69) is 5.43 Å². The number of nitrogens with one attached hydrogen (secondary N) is 1. The van der Waals surface area contributed by atoms with Gasteiger partial charge in [0.2, 0.25) is 0 Å². The summed E-state index contributed by atoms with van der Waals surface area (Å²) in [6, 6.07) is 16.0. The van der Waals surface area contributed by atoms with Gasteiger partial charge in [0, 0.05) is 5.02 Å². The molecule has 1 heterocycles. The lowest BCUT2D eigenvalue weighted by Crippen LogP contribution is -2.35. The molecule has 1 saturated heterocycles. The molecule has 5 heteroatoms. The molecule has 1 aliphatic heterocycles. The first-order chi connectivity index (χ1) is 10.2. The zero-order valence-electron chi connectivity index (χ0n) is 10.9. The molecule has 0 aromatic heterocycles. The molecule has 1 fully saturated rings. The van der Waals surface area contributed by atoms with E-state index in [1.807, 2.05) is 6.07 Å². The molecule has 4 nitrogen and oxygen atoms in total. The number of rotatable bonds is 2. The SMILES string of the molecule is O=C1NN(c2ccccc2)C(=O)C1=Cc1ccccc1Cl. The predicted molar refractivity (Wildman–Crippen MR) is 81.5 cm³/mol. The van der Waals surface area contributed by atoms with Gasteiger partial charge in [-0.2, -0.15) is 0 Å². The number of amides is 2. The van der Waals surface area contributed by atoms with Gasteiger partial charge in [-0.25, -0.2) is 5.01 Å². The van der Waals surface area contributed by atoms with Gasteiger partial charge in [-0.05, 0) is 29.8 Å². The van der Waals surface area contributed by atoms with Crippen LogP contribution in [0.15, 0.2) is 60.2 Å². The molecule has 2 aromatic rings. The highest BCUT2D eigenvalue weighted by atomic mass is 35.5. The minimum absolute atomic E-state index is 0.0620. The molecule has 0 radical (unpaired) electrons. The van der Waals surface area contributed by atoms with Crippen LogP contribution in [0.5, 0.6) is 0 Å². The molecule has 3 rings (SSSR count). The van der Waals surface area contributed by atoms with Crippen LogP contribution in [0.1, 0.15) is 5.56 Å². The number of nitrogens with zero attached hydrogens (tertiary/aromatic N) is 1. The van der Waals surface area contributed by atoms with Crippen LogP contribution in [0.3, 0.4) is 0 Å². The molecule has 0 bridgehead atoms. The summed E-state index contributed by atoms with van der Waals surface area (Å²) in [6.45, 7) is 0. The Balaban J connectivity index is 1.97. The second-order valence-corrected chi connectivity index (χ2v) is 4.90. The van der Waals surface area contributed by atoms with Crippen molar-refractivity contribution in [2.45, 2.75) is 0 Å². The molecule has 0 saturated carbocycles. The van der Waals surface area contributed by atoms with Crippen molar-refractivity contribution in [3.63, 3.8) is 0 Å². The Bertz CT molecular complexity index is 741. The van der Waals surface area contributed by atoms with Gasteiger partial charge in [-0.15, -0.1) is 0 Å². The average Bonchev–Trinajstić information content (AvgIpc) is 2.78. The number of carbonyl (C=O) groups is 2. The van der Waals surface area contributed by atoms with Crippen molar-refractivity contribution in [3.8, 4) is 0 Å². The highest BCUT2D eigenvalue weighted by Gasteiger charge is 2.34. The maximum absolute atomic E-state index is 12.4.